The van der Waals surface area contributed by atoms with E-state index in [1.165, 1.54) is 12.1 Å². The molecule has 0 radical (unpaired) electrons. The lowest BCUT2D eigenvalue weighted by molar-refractivity contribution is 0.0734. The summed E-state index contributed by atoms with van der Waals surface area (Å²) in [5.41, 5.74) is 1.27. The summed E-state index contributed by atoms with van der Waals surface area (Å²) in [6.07, 6.45) is 2.02. The summed E-state index contributed by atoms with van der Waals surface area (Å²) in [5.74, 6) is 0.317. The van der Waals surface area contributed by atoms with Crippen LogP contribution in [0, 0.1) is 5.92 Å². The fourth-order valence-electron chi connectivity index (χ4n) is 3.05. The number of amides is 1. The minimum Gasteiger partial charge on any atom is -0.339 e. The van der Waals surface area contributed by atoms with E-state index in [1.807, 2.05) is 37.3 Å². The lowest BCUT2D eigenvalue weighted by Gasteiger charge is -2.25. The third-order valence-corrected chi connectivity index (χ3v) is 6.40. The summed E-state index contributed by atoms with van der Waals surface area (Å²) < 4.78 is 27.9. The molecule has 1 amide bonds. The lowest BCUT2D eigenvalue weighted by Crippen LogP contribution is -2.35. The van der Waals surface area contributed by atoms with Crippen molar-refractivity contribution < 1.29 is 13.2 Å². The molecule has 0 aliphatic carbocycles. The zero-order chi connectivity index (χ0) is 20.6. The monoisotopic (exact) mass is 402 g/mol. The molecule has 0 saturated carbocycles. The average molecular weight is 403 g/mol. The maximum absolute atomic E-state index is 12.9. The van der Waals surface area contributed by atoms with E-state index in [0.29, 0.717) is 24.6 Å². The van der Waals surface area contributed by atoms with Crippen LogP contribution in [0.25, 0.3) is 0 Å². The molecule has 0 aliphatic rings. The SMILES string of the molecule is CCC(CC)CN(CC)C(=O)c1cccc(S(=O)(=O)NCc2ccccc2)c1. The third-order valence-electron chi connectivity index (χ3n) is 5.00. The van der Waals surface area contributed by atoms with Gasteiger partial charge in [-0.25, -0.2) is 13.1 Å². The van der Waals surface area contributed by atoms with Crippen LogP contribution in [0.3, 0.4) is 0 Å². The summed E-state index contributed by atoms with van der Waals surface area (Å²) in [4.78, 5) is 14.8. The van der Waals surface area contributed by atoms with Gasteiger partial charge in [-0.3, -0.25) is 4.79 Å². The van der Waals surface area contributed by atoms with Gasteiger partial charge in [0.25, 0.3) is 5.91 Å². The van der Waals surface area contributed by atoms with Crippen LogP contribution >= 0.6 is 0 Å². The van der Waals surface area contributed by atoms with Crippen LogP contribution in [-0.2, 0) is 16.6 Å². The van der Waals surface area contributed by atoms with Gasteiger partial charge in [0.15, 0.2) is 0 Å². The molecular formula is C22H30N2O3S. The lowest BCUT2D eigenvalue weighted by atomic mass is 10.0. The van der Waals surface area contributed by atoms with Gasteiger partial charge in [-0.05, 0) is 36.6 Å². The van der Waals surface area contributed by atoms with Crippen molar-refractivity contribution in [3.05, 3.63) is 65.7 Å². The zero-order valence-electron chi connectivity index (χ0n) is 16.9. The van der Waals surface area contributed by atoms with Crippen molar-refractivity contribution in [2.24, 2.45) is 5.92 Å². The van der Waals surface area contributed by atoms with Gasteiger partial charge in [-0.15, -0.1) is 0 Å². The number of sulfonamides is 1. The Hall–Kier alpha value is -2.18. The number of benzene rings is 2. The maximum atomic E-state index is 12.9. The Bertz CT molecular complexity index is 862. The first-order valence-corrected chi connectivity index (χ1v) is 11.3. The summed E-state index contributed by atoms with van der Waals surface area (Å²) in [6.45, 7) is 7.68. The maximum Gasteiger partial charge on any atom is 0.253 e. The molecule has 0 aromatic heterocycles. The quantitative estimate of drug-likeness (QED) is 0.652. The molecule has 2 aromatic rings. The molecule has 0 saturated heterocycles. The molecule has 28 heavy (non-hydrogen) atoms. The number of hydrogen-bond donors (Lipinski definition) is 1. The van der Waals surface area contributed by atoms with Crippen LogP contribution in [0.5, 0.6) is 0 Å². The van der Waals surface area contributed by atoms with Gasteiger partial charge in [0, 0.05) is 25.2 Å². The summed E-state index contributed by atoms with van der Waals surface area (Å²) >= 11 is 0. The number of nitrogens with zero attached hydrogens (tertiary/aromatic N) is 1. The van der Waals surface area contributed by atoms with E-state index in [1.54, 1.807) is 17.0 Å². The number of carbonyl (C=O) groups is 1. The highest BCUT2D eigenvalue weighted by atomic mass is 32.2. The fraction of sp³-hybridized carbons (Fsp3) is 0.409. The molecule has 0 atom stereocenters. The van der Waals surface area contributed by atoms with Crippen molar-refractivity contribution in [1.82, 2.24) is 9.62 Å². The van der Waals surface area contributed by atoms with Crippen molar-refractivity contribution in [2.45, 2.75) is 45.1 Å². The second-order valence-corrected chi connectivity index (χ2v) is 8.63. The summed E-state index contributed by atoms with van der Waals surface area (Å²) in [5, 5.41) is 0. The van der Waals surface area contributed by atoms with Crippen molar-refractivity contribution in [3.8, 4) is 0 Å². The van der Waals surface area contributed by atoms with Gasteiger partial charge >= 0.3 is 0 Å². The highest BCUT2D eigenvalue weighted by Gasteiger charge is 2.20. The molecular weight excluding hydrogens is 372 g/mol. The third kappa shape index (κ3) is 5.91. The van der Waals surface area contributed by atoms with E-state index in [4.69, 9.17) is 0 Å². The smallest absolute Gasteiger partial charge is 0.253 e. The molecule has 2 rings (SSSR count). The first kappa shape index (κ1) is 22.1. The Morgan fingerprint density at radius 3 is 2.29 bits per heavy atom. The van der Waals surface area contributed by atoms with Gasteiger partial charge < -0.3 is 4.90 Å². The van der Waals surface area contributed by atoms with Gasteiger partial charge in [0.1, 0.15) is 0 Å². The van der Waals surface area contributed by atoms with Crippen molar-refractivity contribution >= 4 is 15.9 Å². The predicted molar refractivity (Wildman–Crippen MR) is 113 cm³/mol. The molecule has 0 aliphatic heterocycles. The Morgan fingerprint density at radius 1 is 1.00 bits per heavy atom. The van der Waals surface area contributed by atoms with Crippen LogP contribution < -0.4 is 4.72 Å². The fourth-order valence-corrected chi connectivity index (χ4v) is 4.11. The van der Waals surface area contributed by atoms with E-state index in [0.717, 1.165) is 18.4 Å². The zero-order valence-corrected chi connectivity index (χ0v) is 17.7. The second kappa shape index (κ2) is 10.4. The molecule has 152 valence electrons. The van der Waals surface area contributed by atoms with E-state index >= 15 is 0 Å². The number of hydrogen-bond acceptors (Lipinski definition) is 3. The molecule has 0 spiro atoms. The minimum atomic E-state index is -3.70. The van der Waals surface area contributed by atoms with Crippen LogP contribution in [0.4, 0.5) is 0 Å². The van der Waals surface area contributed by atoms with Crippen molar-refractivity contribution in [2.75, 3.05) is 13.1 Å². The first-order chi connectivity index (χ1) is 13.4. The van der Waals surface area contributed by atoms with Crippen LogP contribution in [0.1, 0.15) is 49.5 Å². The number of nitrogens with one attached hydrogen (secondary N) is 1. The first-order valence-electron chi connectivity index (χ1n) is 9.84. The molecule has 0 heterocycles. The Balaban J connectivity index is 2.16. The van der Waals surface area contributed by atoms with E-state index in [-0.39, 0.29) is 17.3 Å². The Morgan fingerprint density at radius 2 is 1.68 bits per heavy atom. The largest absolute Gasteiger partial charge is 0.339 e. The van der Waals surface area contributed by atoms with Crippen LogP contribution in [-0.4, -0.2) is 32.3 Å². The van der Waals surface area contributed by atoms with Crippen molar-refractivity contribution in [3.63, 3.8) is 0 Å². The van der Waals surface area contributed by atoms with E-state index in [2.05, 4.69) is 18.6 Å². The molecule has 0 bridgehead atoms. The molecule has 0 unspecified atom stereocenters. The standard InChI is InChI=1S/C22H30N2O3S/c1-4-18(5-2)17-24(6-3)22(25)20-13-10-14-21(15-20)28(26,27)23-16-19-11-8-7-9-12-19/h7-15,18,23H,4-6,16-17H2,1-3H3. The van der Waals surface area contributed by atoms with Crippen molar-refractivity contribution in [1.29, 1.82) is 0 Å². The molecule has 2 aromatic carbocycles. The van der Waals surface area contributed by atoms with Gasteiger partial charge in [-0.2, -0.15) is 0 Å². The predicted octanol–water partition coefficient (Wildman–Crippen LogP) is 4.06. The van der Waals surface area contributed by atoms with Crippen LogP contribution in [0.15, 0.2) is 59.5 Å². The normalized spacial score (nSPS) is 11.6. The van der Waals surface area contributed by atoms with Crippen LogP contribution in [0.2, 0.25) is 0 Å². The topological polar surface area (TPSA) is 66.5 Å². The summed E-state index contributed by atoms with van der Waals surface area (Å²) in [7, 11) is -3.70. The minimum absolute atomic E-state index is 0.105. The average Bonchev–Trinajstić information content (AvgIpc) is 2.74. The molecule has 5 nitrogen and oxygen atoms in total. The molecule has 1 N–H and O–H groups in total. The van der Waals surface area contributed by atoms with E-state index in [9.17, 15) is 13.2 Å². The molecule has 0 fully saturated rings. The second-order valence-electron chi connectivity index (χ2n) is 6.86. The number of rotatable bonds is 10. The highest BCUT2D eigenvalue weighted by molar-refractivity contribution is 7.89. The Labute approximate surface area is 168 Å². The Kier molecular flexibility index (Phi) is 8.20. The van der Waals surface area contributed by atoms with Gasteiger partial charge in [-0.1, -0.05) is 63.1 Å². The molecule has 6 heteroatoms. The van der Waals surface area contributed by atoms with E-state index < -0.39 is 10.0 Å². The van der Waals surface area contributed by atoms with Gasteiger partial charge in [0.05, 0.1) is 4.90 Å². The highest BCUT2D eigenvalue weighted by Crippen LogP contribution is 2.16. The number of carbonyl (C=O) groups excluding carboxylic acids is 1. The van der Waals surface area contributed by atoms with Gasteiger partial charge in [0.2, 0.25) is 10.0 Å². The summed E-state index contributed by atoms with van der Waals surface area (Å²) in [6, 6.07) is 15.6.